The van der Waals surface area contributed by atoms with E-state index in [1.165, 1.54) is 0 Å². The second kappa shape index (κ2) is 5.95. The molecule has 1 unspecified atom stereocenters. The minimum Gasteiger partial charge on any atom is -0.492 e. The lowest BCUT2D eigenvalue weighted by Crippen LogP contribution is -2.25. The summed E-state index contributed by atoms with van der Waals surface area (Å²) in [5, 5.41) is 0. The third kappa shape index (κ3) is 2.89. The highest BCUT2D eigenvalue weighted by molar-refractivity contribution is 6.00. The van der Waals surface area contributed by atoms with Crippen LogP contribution in [0.1, 0.15) is 29.3 Å². The number of carbonyl (C=O) groups excluding carboxylic acids is 1. The topological polar surface area (TPSA) is 48.4 Å². The van der Waals surface area contributed by atoms with Gasteiger partial charge >= 0.3 is 0 Å². The smallest absolute Gasteiger partial charge is 0.205 e. The summed E-state index contributed by atoms with van der Waals surface area (Å²) in [6, 6.07) is 9.48. The standard InChI is InChI=1S/C17H17NO3/c1-2-7-20-14-8-13(10-18-11-14)17(19)16-9-12-5-3-4-6-15(12)21-16/h3-6,8,10-11,16H,2,7,9H2,1H3. The number of ketones is 1. The highest BCUT2D eigenvalue weighted by Gasteiger charge is 2.29. The average molecular weight is 283 g/mol. The molecule has 108 valence electrons. The molecule has 0 radical (unpaired) electrons. The predicted molar refractivity (Wildman–Crippen MR) is 78.9 cm³/mol. The number of fused-ring (bicyclic) bond motifs is 1. The van der Waals surface area contributed by atoms with Crippen LogP contribution in [0.25, 0.3) is 0 Å². The summed E-state index contributed by atoms with van der Waals surface area (Å²) in [4.78, 5) is 16.6. The zero-order valence-corrected chi connectivity index (χ0v) is 11.9. The van der Waals surface area contributed by atoms with Crippen LogP contribution >= 0.6 is 0 Å². The molecule has 1 aromatic heterocycles. The maximum absolute atomic E-state index is 12.5. The first kappa shape index (κ1) is 13.6. The van der Waals surface area contributed by atoms with Crippen molar-refractivity contribution in [2.24, 2.45) is 0 Å². The van der Waals surface area contributed by atoms with Crippen LogP contribution in [0.4, 0.5) is 0 Å². The maximum Gasteiger partial charge on any atom is 0.205 e. The number of hydrogen-bond acceptors (Lipinski definition) is 4. The summed E-state index contributed by atoms with van der Waals surface area (Å²) in [5.41, 5.74) is 1.60. The van der Waals surface area contributed by atoms with E-state index in [1.807, 2.05) is 31.2 Å². The lowest BCUT2D eigenvalue weighted by atomic mass is 10.0. The molecule has 1 aliphatic rings. The molecule has 0 saturated carbocycles. The van der Waals surface area contributed by atoms with Crippen LogP contribution in [0.5, 0.6) is 11.5 Å². The molecule has 0 spiro atoms. The van der Waals surface area contributed by atoms with Gasteiger partial charge in [0.2, 0.25) is 5.78 Å². The Bertz CT molecular complexity index is 629. The number of para-hydroxylation sites is 1. The van der Waals surface area contributed by atoms with Crippen molar-refractivity contribution in [1.29, 1.82) is 0 Å². The normalized spacial score (nSPS) is 16.1. The zero-order valence-electron chi connectivity index (χ0n) is 11.9. The molecule has 2 heterocycles. The second-order valence-corrected chi connectivity index (χ2v) is 5.04. The Labute approximate surface area is 123 Å². The van der Waals surface area contributed by atoms with Gasteiger partial charge in [-0.05, 0) is 24.1 Å². The molecule has 0 bridgehead atoms. The fourth-order valence-corrected chi connectivity index (χ4v) is 2.37. The highest BCUT2D eigenvalue weighted by Crippen LogP contribution is 2.29. The number of Topliss-reactive ketones (excluding diaryl/α,β-unsaturated/α-hetero) is 1. The number of carbonyl (C=O) groups is 1. The van der Waals surface area contributed by atoms with Gasteiger partial charge in [-0.1, -0.05) is 25.1 Å². The van der Waals surface area contributed by atoms with E-state index in [9.17, 15) is 4.79 Å². The molecular weight excluding hydrogens is 266 g/mol. The van der Waals surface area contributed by atoms with Crippen molar-refractivity contribution in [3.8, 4) is 11.5 Å². The molecule has 2 aromatic rings. The average Bonchev–Trinajstić information content (AvgIpc) is 2.96. The van der Waals surface area contributed by atoms with Gasteiger partial charge in [-0.25, -0.2) is 0 Å². The van der Waals surface area contributed by atoms with Crippen LogP contribution < -0.4 is 9.47 Å². The monoisotopic (exact) mass is 283 g/mol. The molecule has 4 nitrogen and oxygen atoms in total. The van der Waals surface area contributed by atoms with E-state index < -0.39 is 6.10 Å². The van der Waals surface area contributed by atoms with E-state index in [0.29, 0.717) is 24.3 Å². The molecule has 4 heteroatoms. The van der Waals surface area contributed by atoms with Crippen molar-refractivity contribution in [1.82, 2.24) is 4.98 Å². The Morgan fingerprint density at radius 1 is 1.38 bits per heavy atom. The van der Waals surface area contributed by atoms with Crippen molar-refractivity contribution >= 4 is 5.78 Å². The SMILES string of the molecule is CCCOc1cncc(C(=O)C2Cc3ccccc3O2)c1. The van der Waals surface area contributed by atoms with E-state index in [1.54, 1.807) is 18.5 Å². The summed E-state index contributed by atoms with van der Waals surface area (Å²) in [7, 11) is 0. The first-order valence-electron chi connectivity index (χ1n) is 7.14. The van der Waals surface area contributed by atoms with Gasteiger partial charge in [-0.3, -0.25) is 9.78 Å². The molecule has 0 aliphatic carbocycles. The van der Waals surface area contributed by atoms with E-state index in [-0.39, 0.29) is 5.78 Å². The predicted octanol–water partition coefficient (Wildman–Crippen LogP) is 3.06. The highest BCUT2D eigenvalue weighted by atomic mass is 16.5. The van der Waals surface area contributed by atoms with Crippen LogP contribution in [0.3, 0.4) is 0 Å². The molecule has 0 N–H and O–H groups in total. The fourth-order valence-electron chi connectivity index (χ4n) is 2.37. The van der Waals surface area contributed by atoms with Gasteiger partial charge in [-0.2, -0.15) is 0 Å². The van der Waals surface area contributed by atoms with Crippen molar-refractivity contribution in [3.63, 3.8) is 0 Å². The van der Waals surface area contributed by atoms with Crippen LogP contribution in [0.15, 0.2) is 42.7 Å². The van der Waals surface area contributed by atoms with E-state index in [0.717, 1.165) is 17.7 Å². The minimum absolute atomic E-state index is 0.0550. The molecule has 0 amide bonds. The number of hydrogen-bond donors (Lipinski definition) is 0. The summed E-state index contributed by atoms with van der Waals surface area (Å²) in [6.07, 6.45) is 4.24. The van der Waals surface area contributed by atoms with E-state index in [4.69, 9.17) is 9.47 Å². The molecule has 1 atom stereocenters. The van der Waals surface area contributed by atoms with E-state index >= 15 is 0 Å². The van der Waals surface area contributed by atoms with Crippen LogP contribution in [-0.4, -0.2) is 23.5 Å². The van der Waals surface area contributed by atoms with Crippen LogP contribution in [-0.2, 0) is 6.42 Å². The summed E-state index contributed by atoms with van der Waals surface area (Å²) in [5.74, 6) is 1.36. The van der Waals surface area contributed by atoms with Gasteiger partial charge in [-0.15, -0.1) is 0 Å². The summed E-state index contributed by atoms with van der Waals surface area (Å²) < 4.78 is 11.2. The Balaban J connectivity index is 1.75. The van der Waals surface area contributed by atoms with Gasteiger partial charge < -0.3 is 9.47 Å². The minimum atomic E-state index is -0.467. The number of pyridine rings is 1. The summed E-state index contributed by atoms with van der Waals surface area (Å²) in [6.45, 7) is 2.65. The zero-order chi connectivity index (χ0) is 14.7. The molecule has 0 saturated heterocycles. The van der Waals surface area contributed by atoms with Gasteiger partial charge in [0, 0.05) is 18.2 Å². The van der Waals surface area contributed by atoms with Gasteiger partial charge in [0.05, 0.1) is 12.8 Å². The Morgan fingerprint density at radius 2 is 2.24 bits per heavy atom. The molecule has 0 fully saturated rings. The number of benzene rings is 1. The van der Waals surface area contributed by atoms with Crippen molar-refractivity contribution in [2.75, 3.05) is 6.61 Å². The second-order valence-electron chi connectivity index (χ2n) is 5.04. The van der Waals surface area contributed by atoms with Crippen molar-refractivity contribution in [2.45, 2.75) is 25.9 Å². The van der Waals surface area contributed by atoms with Gasteiger partial charge in [0.25, 0.3) is 0 Å². The maximum atomic E-state index is 12.5. The Hall–Kier alpha value is -2.36. The number of aromatic nitrogens is 1. The van der Waals surface area contributed by atoms with Crippen LogP contribution in [0.2, 0.25) is 0 Å². The van der Waals surface area contributed by atoms with E-state index in [2.05, 4.69) is 4.98 Å². The summed E-state index contributed by atoms with van der Waals surface area (Å²) >= 11 is 0. The molecule has 21 heavy (non-hydrogen) atoms. The van der Waals surface area contributed by atoms with Crippen LogP contribution in [0, 0.1) is 0 Å². The lowest BCUT2D eigenvalue weighted by molar-refractivity contribution is 0.0824. The largest absolute Gasteiger partial charge is 0.492 e. The number of nitrogens with zero attached hydrogens (tertiary/aromatic N) is 1. The number of rotatable bonds is 5. The first-order valence-corrected chi connectivity index (χ1v) is 7.14. The Morgan fingerprint density at radius 3 is 3.05 bits per heavy atom. The fraction of sp³-hybridized carbons (Fsp3) is 0.294. The van der Waals surface area contributed by atoms with Gasteiger partial charge in [0.1, 0.15) is 11.5 Å². The molecule has 1 aromatic carbocycles. The molecule has 1 aliphatic heterocycles. The first-order chi connectivity index (χ1) is 10.3. The lowest BCUT2D eigenvalue weighted by Gasteiger charge is -2.10. The molecule has 3 rings (SSSR count). The third-order valence-corrected chi connectivity index (χ3v) is 3.41. The van der Waals surface area contributed by atoms with Crippen molar-refractivity contribution < 1.29 is 14.3 Å². The van der Waals surface area contributed by atoms with Crippen molar-refractivity contribution in [3.05, 3.63) is 53.9 Å². The molecular formula is C17H17NO3. The third-order valence-electron chi connectivity index (χ3n) is 3.41. The number of ether oxygens (including phenoxy) is 2. The Kier molecular flexibility index (Phi) is 3.86. The van der Waals surface area contributed by atoms with Gasteiger partial charge in [0.15, 0.2) is 6.10 Å². The quantitative estimate of drug-likeness (QED) is 0.791.